The molecule has 2 atom stereocenters. The third kappa shape index (κ3) is 4.75. The van der Waals surface area contributed by atoms with Gasteiger partial charge in [0.05, 0.1) is 13.2 Å². The molecule has 0 aliphatic heterocycles. The summed E-state index contributed by atoms with van der Waals surface area (Å²) in [5.74, 6) is 0.826. The highest BCUT2D eigenvalue weighted by Crippen LogP contribution is 2.18. The summed E-state index contributed by atoms with van der Waals surface area (Å²) in [5.41, 5.74) is 6.65. The second-order valence-electron chi connectivity index (χ2n) is 4.58. The van der Waals surface area contributed by atoms with Crippen molar-refractivity contribution in [3.63, 3.8) is 0 Å². The van der Waals surface area contributed by atoms with Crippen LogP contribution in [-0.2, 0) is 4.79 Å². The highest BCUT2D eigenvalue weighted by molar-refractivity contribution is 5.76. The summed E-state index contributed by atoms with van der Waals surface area (Å²) in [6.45, 7) is 3.86. The Balaban J connectivity index is 2.53. The van der Waals surface area contributed by atoms with E-state index < -0.39 is 0 Å². The third-order valence-electron chi connectivity index (χ3n) is 2.80. The highest BCUT2D eigenvalue weighted by Gasteiger charge is 2.10. The molecule has 0 aliphatic carbocycles. The summed E-state index contributed by atoms with van der Waals surface area (Å²) >= 11 is 0. The van der Waals surface area contributed by atoms with Gasteiger partial charge < -0.3 is 15.8 Å². The van der Waals surface area contributed by atoms with Gasteiger partial charge in [0.25, 0.3) is 0 Å². The van der Waals surface area contributed by atoms with E-state index >= 15 is 0 Å². The van der Waals surface area contributed by atoms with Crippen LogP contribution in [0.1, 0.15) is 38.3 Å². The van der Waals surface area contributed by atoms with E-state index in [2.05, 4.69) is 5.32 Å². The minimum Gasteiger partial charge on any atom is -0.497 e. The van der Waals surface area contributed by atoms with E-state index in [4.69, 9.17) is 10.5 Å². The molecular formula is C14H22N2O2. The lowest BCUT2D eigenvalue weighted by Gasteiger charge is -2.15. The first-order valence-electron chi connectivity index (χ1n) is 6.22. The molecule has 3 N–H and O–H groups in total. The Kier molecular flexibility index (Phi) is 5.65. The predicted octanol–water partition coefficient (Wildman–Crippen LogP) is 2.00. The van der Waals surface area contributed by atoms with Crippen LogP contribution in [0.2, 0.25) is 0 Å². The summed E-state index contributed by atoms with van der Waals surface area (Å²) in [7, 11) is 1.63. The maximum atomic E-state index is 11.7. The molecule has 0 saturated heterocycles. The van der Waals surface area contributed by atoms with E-state index in [0.29, 0.717) is 12.8 Å². The molecule has 100 valence electrons. The smallest absolute Gasteiger partial charge is 0.220 e. The minimum absolute atomic E-state index is 0.0271. The molecule has 0 saturated carbocycles. The van der Waals surface area contributed by atoms with Crippen molar-refractivity contribution < 1.29 is 9.53 Å². The number of amides is 1. The molecule has 0 fully saturated rings. The molecule has 4 nitrogen and oxygen atoms in total. The lowest BCUT2D eigenvalue weighted by atomic mass is 10.1. The second kappa shape index (κ2) is 7.01. The average molecular weight is 250 g/mol. The maximum Gasteiger partial charge on any atom is 0.220 e. The van der Waals surface area contributed by atoms with Gasteiger partial charge in [-0.05, 0) is 38.0 Å². The van der Waals surface area contributed by atoms with Crippen LogP contribution in [0, 0.1) is 0 Å². The van der Waals surface area contributed by atoms with E-state index in [9.17, 15) is 4.79 Å². The number of hydrogen-bond donors (Lipinski definition) is 2. The van der Waals surface area contributed by atoms with Crippen molar-refractivity contribution >= 4 is 5.91 Å². The molecule has 2 unspecified atom stereocenters. The summed E-state index contributed by atoms with van der Waals surface area (Å²) < 4.78 is 5.16. The Morgan fingerprint density at radius 1 is 1.44 bits per heavy atom. The highest BCUT2D eigenvalue weighted by atomic mass is 16.5. The molecular weight excluding hydrogens is 228 g/mol. The first kappa shape index (κ1) is 14.5. The van der Waals surface area contributed by atoms with Crippen molar-refractivity contribution in [2.45, 2.75) is 38.8 Å². The molecule has 0 aliphatic rings. The molecule has 0 spiro atoms. The largest absolute Gasteiger partial charge is 0.497 e. The number of carbonyl (C=O) groups excluding carboxylic acids is 1. The zero-order valence-corrected chi connectivity index (χ0v) is 11.3. The minimum atomic E-state index is -0.0271. The summed E-state index contributed by atoms with van der Waals surface area (Å²) in [5, 5.41) is 2.95. The van der Waals surface area contributed by atoms with Crippen LogP contribution in [0.4, 0.5) is 0 Å². The number of carbonyl (C=O) groups is 1. The van der Waals surface area contributed by atoms with Gasteiger partial charge in [-0.15, -0.1) is 0 Å². The predicted molar refractivity (Wildman–Crippen MR) is 72.4 cm³/mol. The van der Waals surface area contributed by atoms with Crippen LogP contribution in [0.3, 0.4) is 0 Å². The van der Waals surface area contributed by atoms with E-state index in [1.165, 1.54) is 0 Å². The summed E-state index contributed by atoms with van der Waals surface area (Å²) in [6, 6.07) is 7.73. The van der Waals surface area contributed by atoms with Crippen LogP contribution in [0.15, 0.2) is 24.3 Å². The maximum absolute atomic E-state index is 11.7. The summed E-state index contributed by atoms with van der Waals surface area (Å²) in [4.78, 5) is 11.7. The van der Waals surface area contributed by atoms with Crippen LogP contribution in [-0.4, -0.2) is 19.1 Å². The van der Waals surface area contributed by atoms with Gasteiger partial charge in [0.2, 0.25) is 5.91 Å². The number of ether oxygens (including phenoxy) is 1. The number of hydrogen-bond acceptors (Lipinski definition) is 3. The Morgan fingerprint density at radius 3 is 2.78 bits per heavy atom. The Labute approximate surface area is 109 Å². The van der Waals surface area contributed by atoms with Gasteiger partial charge in [-0.2, -0.15) is 0 Å². The zero-order chi connectivity index (χ0) is 13.5. The lowest BCUT2D eigenvalue weighted by molar-refractivity contribution is -0.121. The van der Waals surface area contributed by atoms with Gasteiger partial charge in [0.15, 0.2) is 0 Å². The molecule has 18 heavy (non-hydrogen) atoms. The van der Waals surface area contributed by atoms with Crippen molar-refractivity contribution in [1.82, 2.24) is 5.32 Å². The van der Waals surface area contributed by atoms with Crippen molar-refractivity contribution in [3.05, 3.63) is 29.8 Å². The van der Waals surface area contributed by atoms with Gasteiger partial charge in [-0.25, -0.2) is 0 Å². The first-order valence-corrected chi connectivity index (χ1v) is 6.22. The van der Waals surface area contributed by atoms with Gasteiger partial charge in [-0.3, -0.25) is 4.79 Å². The quantitative estimate of drug-likeness (QED) is 0.811. The van der Waals surface area contributed by atoms with Crippen molar-refractivity contribution in [2.75, 3.05) is 7.11 Å². The van der Waals surface area contributed by atoms with Crippen LogP contribution in [0.25, 0.3) is 0 Å². The fourth-order valence-corrected chi connectivity index (χ4v) is 1.67. The normalized spacial score (nSPS) is 13.8. The molecule has 0 bridgehead atoms. The topological polar surface area (TPSA) is 64.3 Å². The first-order chi connectivity index (χ1) is 8.52. The average Bonchev–Trinajstić information content (AvgIpc) is 2.36. The molecule has 4 heteroatoms. The van der Waals surface area contributed by atoms with Crippen molar-refractivity contribution in [2.24, 2.45) is 5.73 Å². The SMILES string of the molecule is COc1cccc(C(C)NC(=O)CCC(C)N)c1. The lowest BCUT2D eigenvalue weighted by Crippen LogP contribution is -2.28. The Morgan fingerprint density at radius 2 is 2.17 bits per heavy atom. The number of methoxy groups -OCH3 is 1. The molecule has 1 aromatic rings. The number of rotatable bonds is 6. The molecule has 0 radical (unpaired) electrons. The Hall–Kier alpha value is -1.55. The molecule has 1 aromatic carbocycles. The number of benzene rings is 1. The Bertz CT molecular complexity index is 391. The van der Waals surface area contributed by atoms with E-state index in [1.54, 1.807) is 7.11 Å². The molecule has 1 amide bonds. The zero-order valence-electron chi connectivity index (χ0n) is 11.3. The van der Waals surface area contributed by atoms with Crippen LogP contribution >= 0.6 is 0 Å². The number of nitrogens with one attached hydrogen (secondary N) is 1. The fraction of sp³-hybridized carbons (Fsp3) is 0.500. The second-order valence-corrected chi connectivity index (χ2v) is 4.58. The number of nitrogens with two attached hydrogens (primary N) is 1. The van der Waals surface area contributed by atoms with Crippen LogP contribution in [0.5, 0.6) is 5.75 Å². The monoisotopic (exact) mass is 250 g/mol. The van der Waals surface area contributed by atoms with E-state index in [0.717, 1.165) is 11.3 Å². The third-order valence-corrected chi connectivity index (χ3v) is 2.80. The molecule has 1 rings (SSSR count). The van der Waals surface area contributed by atoms with Gasteiger partial charge >= 0.3 is 0 Å². The standard InChI is InChI=1S/C14H22N2O2/c1-10(15)7-8-14(17)16-11(2)12-5-4-6-13(9-12)18-3/h4-6,9-11H,7-8,15H2,1-3H3,(H,16,17). The molecule has 0 heterocycles. The van der Waals surface area contributed by atoms with Crippen LogP contribution < -0.4 is 15.8 Å². The molecule has 0 aromatic heterocycles. The van der Waals surface area contributed by atoms with Gasteiger partial charge in [0, 0.05) is 12.5 Å². The van der Waals surface area contributed by atoms with E-state index in [1.807, 2.05) is 38.1 Å². The van der Waals surface area contributed by atoms with Crippen molar-refractivity contribution in [3.8, 4) is 5.75 Å². The fourth-order valence-electron chi connectivity index (χ4n) is 1.67. The van der Waals surface area contributed by atoms with Gasteiger partial charge in [-0.1, -0.05) is 12.1 Å². The summed E-state index contributed by atoms with van der Waals surface area (Å²) in [6.07, 6.45) is 1.17. The van der Waals surface area contributed by atoms with Gasteiger partial charge in [0.1, 0.15) is 5.75 Å². The van der Waals surface area contributed by atoms with Crippen molar-refractivity contribution in [1.29, 1.82) is 0 Å². The van der Waals surface area contributed by atoms with E-state index in [-0.39, 0.29) is 18.0 Å².